The van der Waals surface area contributed by atoms with Crippen molar-refractivity contribution < 1.29 is 41.4 Å². The van der Waals surface area contributed by atoms with Crippen LogP contribution in [0.1, 0.15) is 10.4 Å². The maximum Gasteiger partial charge on any atom is 0.573 e. The zero-order valence-corrected chi connectivity index (χ0v) is 16.5. The highest BCUT2D eigenvalue weighted by atomic mass is 79.9. The lowest BCUT2D eigenvalue weighted by atomic mass is 10.1. The molecule has 0 radical (unpaired) electrons. The van der Waals surface area contributed by atoms with Crippen molar-refractivity contribution in [1.29, 1.82) is 0 Å². The zero-order chi connectivity index (χ0) is 22.8. The van der Waals surface area contributed by atoms with E-state index in [9.17, 15) is 26.7 Å². The van der Waals surface area contributed by atoms with Gasteiger partial charge in [0, 0.05) is 6.07 Å². The first-order chi connectivity index (χ1) is 14.5. The predicted octanol–water partition coefficient (Wildman–Crippen LogP) is 4.59. The summed E-state index contributed by atoms with van der Waals surface area (Å²) in [5.41, 5.74) is -0.633. The molecule has 0 saturated carbocycles. The van der Waals surface area contributed by atoms with E-state index in [4.69, 9.17) is 9.94 Å². The number of alkyl halides is 3. The lowest BCUT2D eigenvalue weighted by Crippen LogP contribution is -2.17. The maximum absolute atomic E-state index is 14.6. The van der Waals surface area contributed by atoms with Gasteiger partial charge in [0.05, 0.1) is 22.2 Å². The van der Waals surface area contributed by atoms with Crippen molar-refractivity contribution in [3.8, 4) is 17.2 Å². The molecule has 3 aromatic rings. The molecule has 2 aromatic carbocycles. The number of amides is 1. The van der Waals surface area contributed by atoms with E-state index in [2.05, 4.69) is 30.8 Å². The van der Waals surface area contributed by atoms with Crippen LogP contribution in [0, 0.1) is 11.6 Å². The minimum Gasteiger partial charge on any atom is -0.456 e. The van der Waals surface area contributed by atoms with Crippen LogP contribution in [0.2, 0.25) is 0 Å². The molecule has 0 aliphatic carbocycles. The molecule has 0 bridgehead atoms. The SMILES string of the molecule is O=C(N=c1ccn(O)nc1)c1c(Oc2ccc(OC(F)(F)F)c(F)c2)ccc(Br)c1F. The molecule has 0 saturated heterocycles. The zero-order valence-electron chi connectivity index (χ0n) is 14.9. The first-order valence-corrected chi connectivity index (χ1v) is 8.87. The summed E-state index contributed by atoms with van der Waals surface area (Å²) in [4.78, 5) is 16.7. The third-order valence-corrected chi connectivity index (χ3v) is 4.16. The van der Waals surface area contributed by atoms with Gasteiger partial charge in [-0.05, 0) is 46.3 Å². The molecule has 0 unspecified atom stereocenters. The molecule has 0 fully saturated rings. The smallest absolute Gasteiger partial charge is 0.456 e. The monoisotopic (exact) mass is 505 g/mol. The summed E-state index contributed by atoms with van der Waals surface area (Å²) < 4.78 is 74.0. The van der Waals surface area contributed by atoms with Crippen LogP contribution in [-0.4, -0.2) is 27.4 Å². The highest BCUT2D eigenvalue weighted by molar-refractivity contribution is 9.10. The van der Waals surface area contributed by atoms with Crippen LogP contribution in [0.25, 0.3) is 0 Å². The molecular weight excluding hydrogens is 497 g/mol. The molecule has 31 heavy (non-hydrogen) atoms. The quantitative estimate of drug-likeness (QED) is 0.414. The molecule has 7 nitrogen and oxygen atoms in total. The fraction of sp³-hybridized carbons (Fsp3) is 0.0556. The second-order valence-electron chi connectivity index (χ2n) is 5.70. The Morgan fingerprint density at radius 2 is 1.84 bits per heavy atom. The maximum atomic E-state index is 14.6. The number of hydrogen-bond acceptors (Lipinski definition) is 5. The summed E-state index contributed by atoms with van der Waals surface area (Å²) >= 11 is 2.92. The average Bonchev–Trinajstić information content (AvgIpc) is 2.68. The molecule has 1 heterocycles. The Morgan fingerprint density at radius 3 is 2.45 bits per heavy atom. The number of rotatable bonds is 4. The van der Waals surface area contributed by atoms with Gasteiger partial charge in [-0.25, -0.2) is 13.8 Å². The summed E-state index contributed by atoms with van der Waals surface area (Å²) in [6, 6.07) is 5.79. The molecule has 0 aliphatic heterocycles. The minimum atomic E-state index is -5.10. The molecule has 13 heteroatoms. The van der Waals surface area contributed by atoms with Crippen molar-refractivity contribution in [3.05, 3.63) is 75.8 Å². The summed E-state index contributed by atoms with van der Waals surface area (Å²) in [6.07, 6.45) is -2.99. The molecule has 162 valence electrons. The van der Waals surface area contributed by atoms with Crippen LogP contribution < -0.4 is 14.8 Å². The number of nitrogens with zero attached hydrogens (tertiary/aromatic N) is 3. The first-order valence-electron chi connectivity index (χ1n) is 8.08. The molecule has 0 aliphatic rings. The van der Waals surface area contributed by atoms with Gasteiger partial charge in [-0.2, -0.15) is 0 Å². The second-order valence-corrected chi connectivity index (χ2v) is 6.55. The van der Waals surface area contributed by atoms with Crippen LogP contribution in [-0.2, 0) is 0 Å². The van der Waals surface area contributed by atoms with E-state index in [-0.39, 0.29) is 21.3 Å². The van der Waals surface area contributed by atoms with Crippen LogP contribution in [0.5, 0.6) is 17.2 Å². The van der Waals surface area contributed by atoms with Gasteiger partial charge in [0.2, 0.25) is 0 Å². The van der Waals surface area contributed by atoms with E-state index >= 15 is 0 Å². The number of carbonyl (C=O) groups excluding carboxylic acids is 1. The Kier molecular flexibility index (Phi) is 6.24. The summed E-state index contributed by atoms with van der Waals surface area (Å²) in [6.45, 7) is 0. The van der Waals surface area contributed by atoms with Crippen LogP contribution in [0.3, 0.4) is 0 Å². The number of ether oxygens (including phenoxy) is 2. The Labute approximate surface area is 178 Å². The Bertz CT molecular complexity index is 1190. The molecule has 0 spiro atoms. The van der Waals surface area contributed by atoms with E-state index < -0.39 is 35.2 Å². The molecule has 0 atom stereocenters. The highest BCUT2D eigenvalue weighted by Gasteiger charge is 2.32. The normalized spacial score (nSPS) is 12.0. The topological polar surface area (TPSA) is 85.9 Å². The van der Waals surface area contributed by atoms with E-state index in [0.29, 0.717) is 17.0 Å². The van der Waals surface area contributed by atoms with Gasteiger partial charge < -0.3 is 14.7 Å². The van der Waals surface area contributed by atoms with E-state index in [0.717, 1.165) is 18.5 Å². The van der Waals surface area contributed by atoms with Gasteiger partial charge >= 0.3 is 6.36 Å². The average molecular weight is 506 g/mol. The summed E-state index contributed by atoms with van der Waals surface area (Å²) in [7, 11) is 0. The van der Waals surface area contributed by atoms with Crippen molar-refractivity contribution in [2.75, 3.05) is 0 Å². The standard InChI is InChI=1S/C18H9BrF5N3O4/c19-11-2-4-14(30-10-1-3-13(12(20)7-10)31-18(22,23)24)15(16(11)21)17(28)26-9-5-6-27(29)25-8-9/h1-8,29H. The number of aromatic nitrogens is 2. The second kappa shape index (κ2) is 8.71. The number of hydrogen-bond donors (Lipinski definition) is 1. The van der Waals surface area contributed by atoms with E-state index in [1.165, 1.54) is 18.2 Å². The van der Waals surface area contributed by atoms with Crippen molar-refractivity contribution in [3.63, 3.8) is 0 Å². The fourth-order valence-electron chi connectivity index (χ4n) is 2.28. The molecule has 1 amide bonds. The van der Waals surface area contributed by atoms with Crippen LogP contribution >= 0.6 is 15.9 Å². The lowest BCUT2D eigenvalue weighted by molar-refractivity contribution is -0.275. The van der Waals surface area contributed by atoms with Gasteiger partial charge in [0.15, 0.2) is 17.4 Å². The fourth-order valence-corrected chi connectivity index (χ4v) is 2.61. The van der Waals surface area contributed by atoms with Gasteiger partial charge in [-0.3, -0.25) is 4.79 Å². The van der Waals surface area contributed by atoms with Gasteiger partial charge in [0.25, 0.3) is 5.91 Å². The number of halogens is 6. The van der Waals surface area contributed by atoms with Crippen molar-refractivity contribution in [2.24, 2.45) is 4.99 Å². The van der Waals surface area contributed by atoms with Crippen molar-refractivity contribution >= 4 is 21.8 Å². The summed E-state index contributed by atoms with van der Waals surface area (Å²) in [5.74, 6) is -5.32. The number of benzene rings is 2. The molecular formula is C18H9BrF5N3O4. The van der Waals surface area contributed by atoms with Crippen LogP contribution in [0.15, 0.2) is 58.3 Å². The number of carbonyl (C=O) groups is 1. The van der Waals surface area contributed by atoms with Gasteiger partial charge in [0.1, 0.15) is 17.1 Å². The van der Waals surface area contributed by atoms with Gasteiger partial charge in [-0.1, -0.05) is 0 Å². The van der Waals surface area contributed by atoms with Crippen molar-refractivity contribution in [2.45, 2.75) is 6.36 Å². The lowest BCUT2D eigenvalue weighted by Gasteiger charge is -2.13. The van der Waals surface area contributed by atoms with Crippen molar-refractivity contribution in [1.82, 2.24) is 9.94 Å². The predicted molar refractivity (Wildman–Crippen MR) is 96.6 cm³/mol. The van der Waals surface area contributed by atoms with Crippen LogP contribution in [0.4, 0.5) is 22.0 Å². The Morgan fingerprint density at radius 1 is 1.13 bits per heavy atom. The third kappa shape index (κ3) is 5.57. The molecule has 1 aromatic heterocycles. The minimum absolute atomic E-state index is 0.0136. The third-order valence-electron chi connectivity index (χ3n) is 3.54. The Balaban J connectivity index is 1.97. The summed E-state index contributed by atoms with van der Waals surface area (Å²) in [5, 5.41) is 12.5. The Hall–Kier alpha value is -3.48. The van der Waals surface area contributed by atoms with Gasteiger partial charge in [-0.15, -0.1) is 23.1 Å². The largest absolute Gasteiger partial charge is 0.573 e. The first kappa shape index (κ1) is 22.2. The highest BCUT2D eigenvalue weighted by Crippen LogP contribution is 2.34. The van der Waals surface area contributed by atoms with E-state index in [1.807, 2.05) is 0 Å². The van der Waals surface area contributed by atoms with E-state index in [1.54, 1.807) is 0 Å². The molecule has 3 rings (SSSR count). The molecule has 1 N–H and O–H groups in total.